The van der Waals surface area contributed by atoms with Crippen LogP contribution in [0.1, 0.15) is 11.1 Å². The molecule has 0 saturated heterocycles. The molecule has 1 aromatic rings. The molecule has 0 spiro atoms. The molecule has 0 radical (unpaired) electrons. The van der Waals surface area contributed by atoms with E-state index in [0.29, 0.717) is 0 Å². The molecule has 114 valence electrons. The number of anilines is 1. The molecule has 0 atom stereocenters. The molecule has 0 amide bonds. The van der Waals surface area contributed by atoms with E-state index in [0.717, 1.165) is 13.8 Å². The molecule has 2 N–H and O–H groups in total. The molecule has 21 heavy (non-hydrogen) atoms. The number of aliphatic hydroxyl groups excluding tert-OH is 1. The van der Waals surface area contributed by atoms with Gasteiger partial charge in [0.1, 0.15) is 11.1 Å². The summed E-state index contributed by atoms with van der Waals surface area (Å²) in [6.07, 6.45) is 0. The van der Waals surface area contributed by atoms with Crippen LogP contribution in [0.4, 0.5) is 22.7 Å². The highest BCUT2D eigenvalue weighted by atomic mass is 16.6. The molecular formula is C10H12N4O7. The molecule has 0 bridgehead atoms. The summed E-state index contributed by atoms with van der Waals surface area (Å²) in [7, 11) is 0. The Morgan fingerprint density at radius 3 is 1.57 bits per heavy atom. The number of nitrogens with one attached hydrogen (secondary N) is 1. The van der Waals surface area contributed by atoms with Crippen LogP contribution in [-0.4, -0.2) is 33.0 Å². The number of benzene rings is 1. The predicted octanol–water partition coefficient (Wildman–Crippen LogP) is 1.43. The number of hydrogen-bond acceptors (Lipinski definition) is 8. The Balaban J connectivity index is 3.86. The molecular weight excluding hydrogens is 288 g/mol. The third kappa shape index (κ3) is 2.86. The summed E-state index contributed by atoms with van der Waals surface area (Å²) in [5.41, 5.74) is -3.16. The van der Waals surface area contributed by atoms with Crippen LogP contribution in [0.3, 0.4) is 0 Å². The molecule has 0 aromatic heterocycles. The molecule has 11 heteroatoms. The Labute approximate surface area is 117 Å². The molecule has 0 aliphatic carbocycles. The summed E-state index contributed by atoms with van der Waals surface area (Å²) < 4.78 is 0. The van der Waals surface area contributed by atoms with Crippen molar-refractivity contribution in [2.24, 2.45) is 0 Å². The first kappa shape index (κ1) is 16.2. The second-order valence-corrected chi connectivity index (χ2v) is 4.09. The first-order chi connectivity index (χ1) is 9.73. The minimum atomic E-state index is -0.922. The molecule has 0 saturated carbocycles. The highest BCUT2D eigenvalue weighted by Gasteiger charge is 2.38. The first-order valence-electron chi connectivity index (χ1n) is 5.69. The van der Waals surface area contributed by atoms with Crippen molar-refractivity contribution in [3.63, 3.8) is 0 Å². The minimum absolute atomic E-state index is 0.168. The van der Waals surface area contributed by atoms with Gasteiger partial charge in [0.2, 0.25) is 0 Å². The maximum absolute atomic E-state index is 11.1. The summed E-state index contributed by atoms with van der Waals surface area (Å²) in [6.45, 7) is 1.72. The summed E-state index contributed by atoms with van der Waals surface area (Å²) in [5, 5.41) is 44.4. The number of nitrogens with zero attached hydrogens (tertiary/aromatic N) is 3. The van der Waals surface area contributed by atoms with Crippen molar-refractivity contribution in [1.82, 2.24) is 0 Å². The van der Waals surface area contributed by atoms with Gasteiger partial charge in [0, 0.05) is 6.54 Å². The smallest absolute Gasteiger partial charge is 0.309 e. The van der Waals surface area contributed by atoms with Crippen LogP contribution in [0, 0.1) is 44.2 Å². The van der Waals surface area contributed by atoms with E-state index in [1.165, 1.54) is 0 Å². The normalized spacial score (nSPS) is 10.2. The number of hydrogen-bond donors (Lipinski definition) is 2. The summed E-state index contributed by atoms with van der Waals surface area (Å²) in [5.74, 6) is 0. The molecule has 1 aromatic carbocycles. The Bertz CT molecular complexity index is 587. The van der Waals surface area contributed by atoms with Gasteiger partial charge in [-0.1, -0.05) is 0 Å². The van der Waals surface area contributed by atoms with Crippen LogP contribution in [0.2, 0.25) is 0 Å². The van der Waals surface area contributed by atoms with Crippen molar-refractivity contribution in [1.29, 1.82) is 0 Å². The lowest BCUT2D eigenvalue weighted by Crippen LogP contribution is -2.13. The van der Waals surface area contributed by atoms with Gasteiger partial charge in [-0.05, 0) is 13.8 Å². The van der Waals surface area contributed by atoms with E-state index in [2.05, 4.69) is 5.32 Å². The van der Waals surface area contributed by atoms with E-state index in [9.17, 15) is 30.3 Å². The number of nitro groups is 3. The molecule has 0 fully saturated rings. The summed E-state index contributed by atoms with van der Waals surface area (Å²) in [4.78, 5) is 30.5. The Morgan fingerprint density at radius 1 is 0.905 bits per heavy atom. The van der Waals surface area contributed by atoms with Gasteiger partial charge in [0.15, 0.2) is 5.69 Å². The van der Waals surface area contributed by atoms with E-state index >= 15 is 0 Å². The zero-order valence-electron chi connectivity index (χ0n) is 11.2. The summed E-state index contributed by atoms with van der Waals surface area (Å²) >= 11 is 0. The Kier molecular flexibility index (Phi) is 4.71. The van der Waals surface area contributed by atoms with E-state index in [4.69, 9.17) is 5.11 Å². The van der Waals surface area contributed by atoms with Gasteiger partial charge in [-0.25, -0.2) is 0 Å². The molecule has 0 unspecified atom stereocenters. The minimum Gasteiger partial charge on any atom is -0.395 e. The van der Waals surface area contributed by atoms with Gasteiger partial charge in [-0.3, -0.25) is 30.3 Å². The average molecular weight is 300 g/mol. The highest BCUT2D eigenvalue weighted by Crippen LogP contribution is 2.45. The van der Waals surface area contributed by atoms with E-state index < -0.39 is 44.1 Å². The van der Waals surface area contributed by atoms with Crippen LogP contribution >= 0.6 is 0 Å². The van der Waals surface area contributed by atoms with E-state index in [1.54, 1.807) is 0 Å². The third-order valence-electron chi connectivity index (χ3n) is 2.86. The first-order valence-corrected chi connectivity index (χ1v) is 5.69. The fourth-order valence-corrected chi connectivity index (χ4v) is 2.07. The monoisotopic (exact) mass is 300 g/mol. The SMILES string of the molecule is Cc1c([N+](=O)[O-])c(C)c([N+](=O)[O-])c(NCCO)c1[N+](=O)[O-]. The van der Waals surface area contributed by atoms with Crippen molar-refractivity contribution >= 4 is 22.7 Å². The van der Waals surface area contributed by atoms with Gasteiger partial charge in [0.25, 0.3) is 5.69 Å². The maximum Gasteiger partial charge on any atom is 0.309 e. The Morgan fingerprint density at radius 2 is 1.29 bits per heavy atom. The molecule has 0 aliphatic heterocycles. The van der Waals surface area contributed by atoms with Gasteiger partial charge >= 0.3 is 11.4 Å². The van der Waals surface area contributed by atoms with Crippen LogP contribution in [-0.2, 0) is 0 Å². The predicted molar refractivity (Wildman–Crippen MR) is 71.5 cm³/mol. The number of rotatable bonds is 6. The fourth-order valence-electron chi connectivity index (χ4n) is 2.07. The average Bonchev–Trinajstić information content (AvgIpc) is 2.34. The summed E-state index contributed by atoms with van der Waals surface area (Å²) in [6, 6.07) is 0. The van der Waals surface area contributed by atoms with Crippen LogP contribution in [0.15, 0.2) is 0 Å². The van der Waals surface area contributed by atoms with Gasteiger partial charge in [-0.2, -0.15) is 0 Å². The van der Waals surface area contributed by atoms with Crippen LogP contribution < -0.4 is 5.32 Å². The zero-order valence-corrected chi connectivity index (χ0v) is 11.2. The van der Waals surface area contributed by atoms with Crippen molar-refractivity contribution in [3.8, 4) is 0 Å². The van der Waals surface area contributed by atoms with Crippen LogP contribution in [0.25, 0.3) is 0 Å². The zero-order chi connectivity index (χ0) is 16.3. The number of nitro benzene ring substituents is 3. The third-order valence-corrected chi connectivity index (χ3v) is 2.86. The molecule has 0 heterocycles. The van der Waals surface area contributed by atoms with Gasteiger partial charge in [-0.15, -0.1) is 0 Å². The van der Waals surface area contributed by atoms with Crippen molar-refractivity contribution in [2.45, 2.75) is 13.8 Å². The molecule has 0 aliphatic rings. The molecule has 11 nitrogen and oxygen atoms in total. The lowest BCUT2D eigenvalue weighted by atomic mass is 10.0. The fraction of sp³-hybridized carbons (Fsp3) is 0.400. The van der Waals surface area contributed by atoms with Gasteiger partial charge in [0.05, 0.1) is 21.4 Å². The second kappa shape index (κ2) is 6.09. The van der Waals surface area contributed by atoms with Crippen molar-refractivity contribution in [3.05, 3.63) is 41.5 Å². The quantitative estimate of drug-likeness (QED) is 0.588. The van der Waals surface area contributed by atoms with Gasteiger partial charge < -0.3 is 10.4 Å². The second-order valence-electron chi connectivity index (χ2n) is 4.09. The van der Waals surface area contributed by atoms with Crippen molar-refractivity contribution in [2.75, 3.05) is 18.5 Å². The maximum atomic E-state index is 11.1. The Hall–Kier alpha value is -2.82. The molecule has 1 rings (SSSR count). The topological polar surface area (TPSA) is 162 Å². The lowest BCUT2D eigenvalue weighted by molar-refractivity contribution is -0.403. The van der Waals surface area contributed by atoms with Crippen molar-refractivity contribution < 1.29 is 19.9 Å². The van der Waals surface area contributed by atoms with Crippen LogP contribution in [0.5, 0.6) is 0 Å². The number of aliphatic hydroxyl groups is 1. The largest absolute Gasteiger partial charge is 0.395 e. The standard InChI is InChI=1S/C10H12N4O7/c1-5-8(12(16)17)6(2)10(14(20)21)7(11-3-4-15)9(5)13(18)19/h11,15H,3-4H2,1-2H3. The van der Waals surface area contributed by atoms with E-state index in [-0.39, 0.29) is 17.7 Å². The highest BCUT2D eigenvalue weighted by molar-refractivity contribution is 5.83. The lowest BCUT2D eigenvalue weighted by Gasteiger charge is -2.11. The van der Waals surface area contributed by atoms with E-state index in [1.807, 2.05) is 0 Å².